The van der Waals surface area contributed by atoms with E-state index in [9.17, 15) is 14.4 Å². The number of rotatable bonds is 4. The molecule has 6 heteroatoms. The summed E-state index contributed by atoms with van der Waals surface area (Å²) < 4.78 is 4.80. The number of aromatic nitrogens is 1. The number of oxazole rings is 1. The normalized spacial score (nSPS) is 12.5. The van der Waals surface area contributed by atoms with Crippen LogP contribution in [0, 0.1) is 5.92 Å². The highest BCUT2D eigenvalue weighted by Gasteiger charge is 2.25. The number of benzene rings is 1. The number of carbonyl (C=O) groups is 2. The van der Waals surface area contributed by atoms with Crippen LogP contribution < -0.4 is 5.76 Å². The summed E-state index contributed by atoms with van der Waals surface area (Å²) in [6, 6.07) is 4.34. The lowest BCUT2D eigenvalue weighted by Crippen LogP contribution is -2.23. The lowest BCUT2D eigenvalue weighted by atomic mass is 9.95. The molecule has 94 valence electrons. The molecule has 2 N–H and O–H groups in total. The molecule has 2 rings (SSSR count). The molecule has 1 heterocycles. The minimum Gasteiger partial charge on any atom is -0.481 e. The van der Waals surface area contributed by atoms with Crippen molar-refractivity contribution in [3.63, 3.8) is 0 Å². The highest BCUT2D eigenvalue weighted by molar-refractivity contribution is 6.09. The first kappa shape index (κ1) is 12.1. The van der Waals surface area contributed by atoms with E-state index in [1.54, 1.807) is 6.92 Å². The molecule has 1 aromatic carbocycles. The molecule has 0 aliphatic heterocycles. The Hall–Kier alpha value is -2.37. The summed E-state index contributed by atoms with van der Waals surface area (Å²) in [5, 5.41) is 8.93. The Morgan fingerprint density at radius 3 is 2.78 bits per heavy atom. The van der Waals surface area contributed by atoms with Crippen LogP contribution in [-0.4, -0.2) is 21.8 Å². The molecule has 0 spiro atoms. The topological polar surface area (TPSA) is 100 Å². The van der Waals surface area contributed by atoms with Crippen molar-refractivity contribution >= 4 is 22.9 Å². The predicted molar refractivity (Wildman–Crippen MR) is 62.6 cm³/mol. The maximum absolute atomic E-state index is 12.0. The fourth-order valence-corrected chi connectivity index (χ4v) is 1.78. The van der Waals surface area contributed by atoms with Gasteiger partial charge in [0, 0.05) is 5.56 Å². The SMILES string of the molecule is CCC(C(=O)O)C(=O)c1ccc2oc(=O)[nH]c2c1. The number of H-pyrrole nitrogens is 1. The third-order valence-electron chi connectivity index (χ3n) is 2.73. The van der Waals surface area contributed by atoms with Crippen LogP contribution in [0.3, 0.4) is 0 Å². The molecule has 1 unspecified atom stereocenters. The van der Waals surface area contributed by atoms with E-state index in [-0.39, 0.29) is 12.0 Å². The van der Waals surface area contributed by atoms with Gasteiger partial charge in [-0.15, -0.1) is 0 Å². The number of carbonyl (C=O) groups excluding carboxylic acids is 1. The smallest absolute Gasteiger partial charge is 0.417 e. The first-order chi connectivity index (χ1) is 8.52. The fourth-order valence-electron chi connectivity index (χ4n) is 1.78. The number of carboxylic acid groups (broad SMARTS) is 1. The van der Waals surface area contributed by atoms with Gasteiger partial charge in [-0.25, -0.2) is 4.79 Å². The minimum absolute atomic E-state index is 0.216. The summed E-state index contributed by atoms with van der Waals surface area (Å²) in [5.41, 5.74) is 0.958. The molecule has 2 aromatic rings. The summed E-state index contributed by atoms with van der Waals surface area (Å²) in [6.07, 6.45) is 0.216. The number of aliphatic carboxylic acids is 1. The number of nitrogens with one attached hydrogen (secondary N) is 1. The van der Waals surface area contributed by atoms with E-state index < -0.39 is 23.4 Å². The Bertz CT molecular complexity index is 666. The number of fused-ring (bicyclic) bond motifs is 1. The van der Waals surface area contributed by atoms with Crippen molar-refractivity contribution in [2.24, 2.45) is 5.92 Å². The molecule has 0 saturated heterocycles. The molecule has 1 aromatic heterocycles. The van der Waals surface area contributed by atoms with Gasteiger partial charge in [0.05, 0.1) is 5.52 Å². The van der Waals surface area contributed by atoms with Gasteiger partial charge in [0.25, 0.3) is 0 Å². The van der Waals surface area contributed by atoms with E-state index in [2.05, 4.69) is 4.98 Å². The van der Waals surface area contributed by atoms with Crippen LogP contribution in [0.15, 0.2) is 27.4 Å². The van der Waals surface area contributed by atoms with Crippen molar-refractivity contribution in [3.05, 3.63) is 34.3 Å². The van der Waals surface area contributed by atoms with E-state index in [1.807, 2.05) is 0 Å². The summed E-state index contributed by atoms with van der Waals surface area (Å²) in [6.45, 7) is 1.63. The van der Waals surface area contributed by atoms with Crippen molar-refractivity contribution in [2.75, 3.05) is 0 Å². The van der Waals surface area contributed by atoms with Gasteiger partial charge in [-0.1, -0.05) is 6.92 Å². The Balaban J connectivity index is 2.44. The van der Waals surface area contributed by atoms with Crippen LogP contribution in [0.5, 0.6) is 0 Å². The van der Waals surface area contributed by atoms with E-state index in [4.69, 9.17) is 9.52 Å². The second-order valence-corrected chi connectivity index (χ2v) is 3.89. The summed E-state index contributed by atoms with van der Waals surface area (Å²) in [5.74, 6) is -3.31. The Morgan fingerprint density at radius 1 is 1.44 bits per heavy atom. The van der Waals surface area contributed by atoms with Gasteiger partial charge in [-0.3, -0.25) is 14.6 Å². The van der Waals surface area contributed by atoms with Crippen molar-refractivity contribution in [3.8, 4) is 0 Å². The van der Waals surface area contributed by atoms with Crippen LogP contribution in [0.25, 0.3) is 11.1 Å². The van der Waals surface area contributed by atoms with E-state index in [1.165, 1.54) is 18.2 Å². The van der Waals surface area contributed by atoms with Gasteiger partial charge in [-0.05, 0) is 24.6 Å². The van der Waals surface area contributed by atoms with Crippen molar-refractivity contribution in [1.82, 2.24) is 4.98 Å². The van der Waals surface area contributed by atoms with Crippen LogP contribution in [0.2, 0.25) is 0 Å². The van der Waals surface area contributed by atoms with Gasteiger partial charge in [0.15, 0.2) is 11.4 Å². The molecule has 0 fully saturated rings. The third kappa shape index (κ3) is 2.04. The van der Waals surface area contributed by atoms with Gasteiger partial charge >= 0.3 is 11.7 Å². The number of hydrogen-bond donors (Lipinski definition) is 2. The Morgan fingerprint density at radius 2 is 2.17 bits per heavy atom. The average Bonchev–Trinajstić information content (AvgIpc) is 2.68. The zero-order valence-electron chi connectivity index (χ0n) is 9.60. The molecule has 0 saturated carbocycles. The van der Waals surface area contributed by atoms with Crippen LogP contribution in [-0.2, 0) is 4.79 Å². The van der Waals surface area contributed by atoms with Gasteiger partial charge in [0.1, 0.15) is 5.92 Å². The molecular weight excluding hydrogens is 238 g/mol. The molecule has 0 radical (unpaired) electrons. The second-order valence-electron chi connectivity index (χ2n) is 3.89. The maximum Gasteiger partial charge on any atom is 0.417 e. The molecule has 18 heavy (non-hydrogen) atoms. The number of carboxylic acids is 1. The third-order valence-corrected chi connectivity index (χ3v) is 2.73. The first-order valence-electron chi connectivity index (χ1n) is 5.42. The number of hydrogen-bond acceptors (Lipinski definition) is 4. The number of ketones is 1. The average molecular weight is 249 g/mol. The first-order valence-corrected chi connectivity index (χ1v) is 5.42. The molecule has 1 atom stereocenters. The lowest BCUT2D eigenvalue weighted by molar-refractivity contribution is -0.140. The Kier molecular flexibility index (Phi) is 3.01. The second kappa shape index (κ2) is 4.48. The fraction of sp³-hybridized carbons (Fsp3) is 0.250. The highest BCUT2D eigenvalue weighted by atomic mass is 16.4. The van der Waals surface area contributed by atoms with Crippen LogP contribution in [0.1, 0.15) is 23.7 Å². The van der Waals surface area contributed by atoms with Crippen molar-refractivity contribution < 1.29 is 19.1 Å². The monoisotopic (exact) mass is 249 g/mol. The standard InChI is InChI=1S/C12H11NO5/c1-2-7(11(15)16)10(14)6-3-4-9-8(5-6)13-12(17)18-9/h3-5,7H,2H2,1H3,(H,13,17)(H,15,16). The largest absolute Gasteiger partial charge is 0.481 e. The van der Waals surface area contributed by atoms with Crippen LogP contribution in [0.4, 0.5) is 0 Å². The van der Waals surface area contributed by atoms with Gasteiger partial charge in [-0.2, -0.15) is 0 Å². The van der Waals surface area contributed by atoms with E-state index in [0.717, 1.165) is 0 Å². The summed E-state index contributed by atoms with van der Waals surface area (Å²) in [7, 11) is 0. The minimum atomic E-state index is -1.15. The predicted octanol–water partition coefficient (Wildman–Crippen LogP) is 1.41. The lowest BCUT2D eigenvalue weighted by Gasteiger charge is -2.08. The van der Waals surface area contributed by atoms with Crippen molar-refractivity contribution in [1.29, 1.82) is 0 Å². The molecule has 0 bridgehead atoms. The number of aromatic amines is 1. The number of Topliss-reactive ketones (excluding diaryl/α,β-unsaturated/α-hetero) is 1. The summed E-state index contributed by atoms with van der Waals surface area (Å²) in [4.78, 5) is 36.3. The molecule has 0 amide bonds. The quantitative estimate of drug-likeness (QED) is 0.630. The molecule has 0 aliphatic carbocycles. The van der Waals surface area contributed by atoms with Crippen molar-refractivity contribution in [2.45, 2.75) is 13.3 Å². The highest BCUT2D eigenvalue weighted by Crippen LogP contribution is 2.17. The Labute approximate surface area is 101 Å². The van der Waals surface area contributed by atoms with E-state index >= 15 is 0 Å². The van der Waals surface area contributed by atoms with Gasteiger partial charge in [0.2, 0.25) is 0 Å². The van der Waals surface area contributed by atoms with Gasteiger partial charge < -0.3 is 9.52 Å². The molecular formula is C12H11NO5. The molecule has 0 aliphatic rings. The van der Waals surface area contributed by atoms with Crippen LogP contribution >= 0.6 is 0 Å². The zero-order valence-corrected chi connectivity index (χ0v) is 9.60. The summed E-state index contributed by atoms with van der Waals surface area (Å²) >= 11 is 0. The van der Waals surface area contributed by atoms with E-state index in [0.29, 0.717) is 11.1 Å². The molecule has 6 nitrogen and oxygen atoms in total. The zero-order chi connectivity index (χ0) is 13.3. The maximum atomic E-state index is 12.0.